The number of hydrogen-bond acceptors (Lipinski definition) is 8. The number of aromatic nitrogens is 2. The Morgan fingerprint density at radius 2 is 1.97 bits per heavy atom. The first-order valence-electron chi connectivity index (χ1n) is 12.7. The molecular weight excluding hydrogens is 470 g/mol. The maximum atomic E-state index is 12.8. The van der Waals surface area contributed by atoms with Crippen molar-refractivity contribution in [3.8, 4) is 17.4 Å². The maximum Gasteiger partial charge on any atom is 0.251 e. The van der Waals surface area contributed by atoms with Crippen LogP contribution in [-0.4, -0.2) is 47.9 Å². The molecule has 1 amide bonds. The van der Waals surface area contributed by atoms with Gasteiger partial charge in [0.05, 0.1) is 18.4 Å². The first-order chi connectivity index (χ1) is 18.1. The van der Waals surface area contributed by atoms with Crippen LogP contribution in [0.25, 0.3) is 0 Å². The lowest BCUT2D eigenvalue weighted by Gasteiger charge is -2.23. The second kappa shape index (κ2) is 11.0. The van der Waals surface area contributed by atoms with Crippen molar-refractivity contribution in [1.29, 1.82) is 0 Å². The smallest absolute Gasteiger partial charge is 0.251 e. The lowest BCUT2D eigenvalue weighted by atomic mass is 10.1. The number of nitrogens with one attached hydrogen (secondary N) is 3. The van der Waals surface area contributed by atoms with Crippen LogP contribution in [0.5, 0.6) is 17.4 Å². The molecule has 9 nitrogen and oxygen atoms in total. The highest BCUT2D eigenvalue weighted by molar-refractivity contribution is 6.03. The van der Waals surface area contributed by atoms with Crippen LogP contribution in [0.4, 0.5) is 11.6 Å². The summed E-state index contributed by atoms with van der Waals surface area (Å²) in [6, 6.07) is 11.1. The number of benzene rings is 2. The number of hydrogen-bond donors (Lipinski definition) is 3. The van der Waals surface area contributed by atoms with Gasteiger partial charge < -0.3 is 25.4 Å². The zero-order valence-electron chi connectivity index (χ0n) is 21.1. The second-order valence-corrected chi connectivity index (χ2v) is 9.23. The van der Waals surface area contributed by atoms with E-state index in [1.807, 2.05) is 19.1 Å². The van der Waals surface area contributed by atoms with E-state index < -0.39 is 0 Å². The summed E-state index contributed by atoms with van der Waals surface area (Å²) in [4.78, 5) is 34.2. The molecule has 1 saturated heterocycles. The summed E-state index contributed by atoms with van der Waals surface area (Å²) in [7, 11) is 1.55. The zero-order valence-corrected chi connectivity index (χ0v) is 21.1. The minimum absolute atomic E-state index is 0.0880. The normalized spacial score (nSPS) is 15.2. The van der Waals surface area contributed by atoms with Crippen LogP contribution < -0.4 is 25.4 Å². The topological polar surface area (TPSA) is 114 Å². The summed E-state index contributed by atoms with van der Waals surface area (Å²) in [5, 5.41) is 9.57. The highest BCUT2D eigenvalue weighted by Crippen LogP contribution is 2.35. The Hall–Kier alpha value is -3.98. The van der Waals surface area contributed by atoms with E-state index in [1.54, 1.807) is 37.6 Å². The number of piperidine rings is 1. The van der Waals surface area contributed by atoms with Crippen LogP contribution in [0.2, 0.25) is 0 Å². The number of ether oxygens (including phenoxy) is 2. The predicted octanol–water partition coefficient (Wildman–Crippen LogP) is 4.19. The summed E-state index contributed by atoms with van der Waals surface area (Å²) in [6.45, 7) is 3.81. The van der Waals surface area contributed by atoms with Crippen molar-refractivity contribution in [1.82, 2.24) is 20.6 Å². The second-order valence-electron chi connectivity index (χ2n) is 9.23. The van der Waals surface area contributed by atoms with Gasteiger partial charge in [-0.05, 0) is 68.6 Å². The molecule has 2 heterocycles. The number of nitrogens with zero attached hydrogens (tertiary/aromatic N) is 2. The summed E-state index contributed by atoms with van der Waals surface area (Å²) in [5.41, 5.74) is 3.60. The standard InChI is InChI=1S/C28H31N5O4/c1-3-17-16-30-28(33-27(17)37-23-6-4-5-18-8-10-22(34)25(18)23)32-21-9-7-19(15-24(21)36-2)26(35)31-20-11-13-29-14-12-20/h4-7,9,15-16,20,29H,3,8,10-14H2,1-2H3,(H,31,35)(H,30,32,33). The van der Waals surface area contributed by atoms with Gasteiger partial charge in [0.25, 0.3) is 5.91 Å². The average molecular weight is 502 g/mol. The third kappa shape index (κ3) is 5.41. The Labute approximate surface area is 216 Å². The first-order valence-corrected chi connectivity index (χ1v) is 12.7. The molecule has 0 saturated carbocycles. The van der Waals surface area contributed by atoms with Crippen molar-refractivity contribution in [3.05, 3.63) is 64.8 Å². The molecule has 0 radical (unpaired) electrons. The Morgan fingerprint density at radius 1 is 1.14 bits per heavy atom. The van der Waals surface area contributed by atoms with E-state index in [9.17, 15) is 9.59 Å². The van der Waals surface area contributed by atoms with Crippen molar-refractivity contribution in [3.63, 3.8) is 0 Å². The summed E-state index contributed by atoms with van der Waals surface area (Å²) >= 11 is 0. The lowest BCUT2D eigenvalue weighted by Crippen LogP contribution is -2.42. The van der Waals surface area contributed by atoms with Crippen LogP contribution in [0.15, 0.2) is 42.6 Å². The van der Waals surface area contributed by atoms with E-state index in [0.29, 0.717) is 53.0 Å². The summed E-state index contributed by atoms with van der Waals surface area (Å²) < 4.78 is 11.7. The molecule has 3 N–H and O–H groups in total. The van der Waals surface area contributed by atoms with E-state index >= 15 is 0 Å². The number of aryl methyl sites for hydroxylation is 2. The molecule has 37 heavy (non-hydrogen) atoms. The number of carbonyl (C=O) groups excluding carboxylic acids is 2. The van der Waals surface area contributed by atoms with Gasteiger partial charge in [-0.25, -0.2) is 4.98 Å². The zero-order chi connectivity index (χ0) is 25.8. The predicted molar refractivity (Wildman–Crippen MR) is 140 cm³/mol. The van der Waals surface area contributed by atoms with Crippen LogP contribution in [0.3, 0.4) is 0 Å². The van der Waals surface area contributed by atoms with Gasteiger partial charge >= 0.3 is 0 Å². The van der Waals surface area contributed by atoms with Crippen LogP contribution in [0, 0.1) is 0 Å². The number of methoxy groups -OCH3 is 1. The molecule has 1 aromatic heterocycles. The molecule has 0 spiro atoms. The van der Waals surface area contributed by atoms with E-state index in [1.165, 1.54) is 0 Å². The van der Waals surface area contributed by atoms with Gasteiger partial charge in [0.2, 0.25) is 11.8 Å². The van der Waals surface area contributed by atoms with E-state index in [4.69, 9.17) is 9.47 Å². The SMILES string of the molecule is CCc1cnc(Nc2ccc(C(=O)NC3CCNCC3)cc2OC)nc1Oc1cccc2c1C(=O)CC2. The number of ketones is 1. The largest absolute Gasteiger partial charge is 0.495 e. The third-order valence-electron chi connectivity index (χ3n) is 6.81. The van der Waals surface area contributed by atoms with Crippen LogP contribution >= 0.6 is 0 Å². The van der Waals surface area contributed by atoms with E-state index in [0.717, 1.165) is 43.5 Å². The molecule has 0 atom stereocenters. The van der Waals surface area contributed by atoms with Crippen molar-refractivity contribution >= 4 is 23.3 Å². The average Bonchev–Trinajstić information content (AvgIpc) is 3.31. The number of Topliss-reactive ketones (excluding diaryl/α,β-unsaturated/α-hetero) is 1. The summed E-state index contributed by atoms with van der Waals surface area (Å²) in [6.07, 6.45) is 5.44. The molecule has 1 fully saturated rings. The Balaban J connectivity index is 1.36. The van der Waals surface area contributed by atoms with Crippen molar-refractivity contribution in [2.24, 2.45) is 0 Å². The minimum atomic E-state index is -0.124. The summed E-state index contributed by atoms with van der Waals surface area (Å²) in [5.74, 6) is 1.68. The highest BCUT2D eigenvalue weighted by Gasteiger charge is 2.25. The van der Waals surface area contributed by atoms with E-state index in [2.05, 4.69) is 25.9 Å². The lowest BCUT2D eigenvalue weighted by molar-refractivity contribution is 0.0928. The molecule has 5 rings (SSSR count). The maximum absolute atomic E-state index is 12.8. The Bertz CT molecular complexity index is 1320. The fraction of sp³-hybridized carbons (Fsp3) is 0.357. The molecule has 2 aromatic carbocycles. The molecule has 0 unspecified atom stereocenters. The molecule has 0 bridgehead atoms. The van der Waals surface area contributed by atoms with Gasteiger partial charge in [-0.3, -0.25) is 9.59 Å². The van der Waals surface area contributed by atoms with Crippen molar-refractivity contribution in [2.45, 2.75) is 45.1 Å². The number of anilines is 2. The van der Waals surface area contributed by atoms with Gasteiger partial charge in [0.15, 0.2) is 5.78 Å². The van der Waals surface area contributed by atoms with Gasteiger partial charge in [-0.2, -0.15) is 4.98 Å². The van der Waals surface area contributed by atoms with Gasteiger partial charge in [-0.1, -0.05) is 19.1 Å². The third-order valence-corrected chi connectivity index (χ3v) is 6.81. The molecule has 192 valence electrons. The van der Waals surface area contributed by atoms with E-state index in [-0.39, 0.29) is 17.7 Å². The van der Waals surface area contributed by atoms with Crippen LogP contribution in [0.1, 0.15) is 58.0 Å². The molecule has 3 aromatic rings. The Kier molecular flexibility index (Phi) is 7.32. The molecule has 9 heteroatoms. The quantitative estimate of drug-likeness (QED) is 0.421. The number of amides is 1. The van der Waals surface area contributed by atoms with Gasteiger partial charge in [0.1, 0.15) is 11.5 Å². The molecule has 1 aliphatic carbocycles. The van der Waals surface area contributed by atoms with Crippen molar-refractivity contribution in [2.75, 3.05) is 25.5 Å². The van der Waals surface area contributed by atoms with Gasteiger partial charge in [-0.15, -0.1) is 0 Å². The molecule has 2 aliphatic rings. The number of rotatable bonds is 8. The fourth-order valence-corrected chi connectivity index (χ4v) is 4.74. The molecular formula is C28H31N5O4. The Morgan fingerprint density at radius 3 is 2.76 bits per heavy atom. The number of carbonyl (C=O) groups is 2. The van der Waals surface area contributed by atoms with Gasteiger partial charge in [0, 0.05) is 29.8 Å². The first kappa shape index (κ1) is 24.7. The number of fused-ring (bicyclic) bond motifs is 1. The fourth-order valence-electron chi connectivity index (χ4n) is 4.74. The van der Waals surface area contributed by atoms with Crippen LogP contribution in [-0.2, 0) is 12.8 Å². The highest BCUT2D eigenvalue weighted by atomic mass is 16.5. The monoisotopic (exact) mass is 501 g/mol. The van der Waals surface area contributed by atoms with Crippen molar-refractivity contribution < 1.29 is 19.1 Å². The molecule has 1 aliphatic heterocycles. The minimum Gasteiger partial charge on any atom is -0.495 e.